The SMILES string of the molecule is CN(C)S(=O)(=O)c1ccc2oc(=S)n(CN3CCCc4cc(S(C)(=O)=O)ccc43)c2c1. The first-order valence-electron chi connectivity index (χ1n) is 9.62. The summed E-state index contributed by atoms with van der Waals surface area (Å²) in [6, 6.07) is 9.84. The Labute approximate surface area is 186 Å². The highest BCUT2D eigenvalue weighted by Gasteiger charge is 2.23. The smallest absolute Gasteiger partial charge is 0.271 e. The molecule has 0 unspecified atom stereocenters. The Kier molecular flexibility index (Phi) is 5.49. The van der Waals surface area contributed by atoms with Crippen LogP contribution < -0.4 is 4.90 Å². The van der Waals surface area contributed by atoms with Crippen molar-refractivity contribution in [2.45, 2.75) is 29.3 Å². The number of sulfonamides is 1. The number of sulfone groups is 1. The largest absolute Gasteiger partial charge is 0.429 e. The number of rotatable bonds is 5. The highest BCUT2D eigenvalue weighted by Crippen LogP contribution is 2.31. The fourth-order valence-corrected chi connectivity index (χ4v) is 5.59. The van der Waals surface area contributed by atoms with Crippen molar-refractivity contribution in [2.75, 3.05) is 31.8 Å². The van der Waals surface area contributed by atoms with Gasteiger partial charge >= 0.3 is 0 Å². The Morgan fingerprint density at radius 2 is 1.77 bits per heavy atom. The summed E-state index contributed by atoms with van der Waals surface area (Å²) in [7, 11) is -3.92. The summed E-state index contributed by atoms with van der Waals surface area (Å²) in [6.45, 7) is 1.12. The topological polar surface area (TPSA) is 92.8 Å². The molecule has 0 spiro atoms. The average Bonchev–Trinajstić information content (AvgIpc) is 3.01. The number of anilines is 1. The molecule has 0 atom stereocenters. The van der Waals surface area contributed by atoms with Crippen LogP contribution in [0.15, 0.2) is 50.6 Å². The van der Waals surface area contributed by atoms with E-state index >= 15 is 0 Å². The van der Waals surface area contributed by atoms with E-state index in [1.165, 1.54) is 26.4 Å². The zero-order chi connectivity index (χ0) is 22.6. The van der Waals surface area contributed by atoms with Crippen molar-refractivity contribution in [1.29, 1.82) is 0 Å². The van der Waals surface area contributed by atoms with Gasteiger partial charge in [0.15, 0.2) is 15.4 Å². The summed E-state index contributed by atoms with van der Waals surface area (Å²) in [4.78, 5) is 2.81. The number of aryl methyl sites for hydroxylation is 1. The Morgan fingerprint density at radius 1 is 1.06 bits per heavy atom. The quantitative estimate of drug-likeness (QED) is 0.517. The van der Waals surface area contributed by atoms with Crippen molar-refractivity contribution in [1.82, 2.24) is 8.87 Å². The van der Waals surface area contributed by atoms with E-state index in [2.05, 4.69) is 4.90 Å². The van der Waals surface area contributed by atoms with Crippen LogP contribution in [0.4, 0.5) is 5.69 Å². The van der Waals surface area contributed by atoms with Crippen molar-refractivity contribution in [3.8, 4) is 0 Å². The van der Waals surface area contributed by atoms with Gasteiger partial charge in [-0.05, 0) is 67.0 Å². The first kappa shape index (κ1) is 22.0. The van der Waals surface area contributed by atoms with E-state index in [9.17, 15) is 16.8 Å². The molecule has 0 fully saturated rings. The molecule has 4 rings (SSSR count). The van der Waals surface area contributed by atoms with Crippen molar-refractivity contribution in [3.63, 3.8) is 0 Å². The number of nitrogens with zero attached hydrogens (tertiary/aromatic N) is 3. The van der Waals surface area contributed by atoms with Crippen LogP contribution in [-0.4, -0.2) is 52.6 Å². The van der Waals surface area contributed by atoms with E-state index in [0.717, 1.165) is 34.9 Å². The van der Waals surface area contributed by atoms with Gasteiger partial charge in [-0.25, -0.2) is 21.1 Å². The van der Waals surface area contributed by atoms with Crippen LogP contribution >= 0.6 is 12.2 Å². The Hall–Kier alpha value is -2.21. The second kappa shape index (κ2) is 7.73. The van der Waals surface area contributed by atoms with Crippen LogP contribution in [0.2, 0.25) is 0 Å². The molecule has 0 bridgehead atoms. The second-order valence-electron chi connectivity index (χ2n) is 7.78. The van der Waals surface area contributed by atoms with Crippen LogP contribution in [0.5, 0.6) is 0 Å². The predicted molar refractivity (Wildman–Crippen MR) is 121 cm³/mol. The van der Waals surface area contributed by atoms with E-state index in [1.54, 1.807) is 28.8 Å². The fraction of sp³-hybridized carbons (Fsp3) is 0.350. The maximum Gasteiger partial charge on any atom is 0.271 e. The molecule has 3 aromatic rings. The minimum atomic E-state index is -3.60. The lowest BCUT2D eigenvalue weighted by Gasteiger charge is -2.31. The van der Waals surface area contributed by atoms with Gasteiger partial charge in [-0.15, -0.1) is 0 Å². The minimum absolute atomic E-state index is 0.159. The first-order chi connectivity index (χ1) is 14.5. The lowest BCUT2D eigenvalue weighted by atomic mass is 10.0. The third-order valence-corrected chi connectivity index (χ3v) is 8.65. The van der Waals surface area contributed by atoms with Gasteiger partial charge in [0.1, 0.15) is 0 Å². The van der Waals surface area contributed by atoms with Gasteiger partial charge in [-0.2, -0.15) is 0 Å². The van der Waals surface area contributed by atoms with Crippen molar-refractivity contribution in [3.05, 3.63) is 46.8 Å². The molecule has 1 aromatic heterocycles. The highest BCUT2D eigenvalue weighted by molar-refractivity contribution is 7.90. The Balaban J connectivity index is 1.76. The third-order valence-electron chi connectivity index (χ3n) is 5.42. The van der Waals surface area contributed by atoms with Gasteiger partial charge in [-0.1, -0.05) is 0 Å². The number of hydrogen-bond donors (Lipinski definition) is 0. The summed E-state index contributed by atoms with van der Waals surface area (Å²) < 4.78 is 57.6. The van der Waals surface area contributed by atoms with Crippen LogP contribution in [0.3, 0.4) is 0 Å². The van der Waals surface area contributed by atoms with Crippen LogP contribution in [-0.2, 0) is 33.0 Å². The van der Waals surface area contributed by atoms with E-state index in [4.69, 9.17) is 16.6 Å². The molecule has 2 heterocycles. The van der Waals surface area contributed by atoms with Crippen LogP contribution in [0.25, 0.3) is 11.1 Å². The van der Waals surface area contributed by atoms with Gasteiger partial charge in [0, 0.05) is 32.6 Å². The number of oxazole rings is 1. The number of benzene rings is 2. The molecule has 0 amide bonds. The minimum Gasteiger partial charge on any atom is -0.429 e. The third kappa shape index (κ3) is 4.02. The lowest BCUT2D eigenvalue weighted by Crippen LogP contribution is -2.31. The molecule has 0 N–H and O–H groups in total. The van der Waals surface area contributed by atoms with Crippen LogP contribution in [0, 0.1) is 4.84 Å². The first-order valence-corrected chi connectivity index (χ1v) is 13.4. The van der Waals surface area contributed by atoms with E-state index < -0.39 is 19.9 Å². The van der Waals surface area contributed by atoms with E-state index in [1.807, 2.05) is 6.07 Å². The molecule has 1 aliphatic rings. The summed E-state index contributed by atoms with van der Waals surface area (Å²) in [5.41, 5.74) is 3.00. The molecule has 166 valence electrons. The van der Waals surface area contributed by atoms with Gasteiger partial charge < -0.3 is 9.32 Å². The lowest BCUT2D eigenvalue weighted by molar-refractivity contribution is 0.518. The normalized spacial score (nSPS) is 14.9. The number of fused-ring (bicyclic) bond motifs is 2. The van der Waals surface area contributed by atoms with E-state index in [-0.39, 0.29) is 9.73 Å². The molecule has 0 saturated carbocycles. The average molecular weight is 482 g/mol. The Morgan fingerprint density at radius 3 is 2.45 bits per heavy atom. The van der Waals surface area contributed by atoms with Crippen molar-refractivity contribution < 1.29 is 21.3 Å². The zero-order valence-corrected chi connectivity index (χ0v) is 19.8. The molecule has 2 aromatic carbocycles. The second-order valence-corrected chi connectivity index (χ2v) is 12.3. The zero-order valence-electron chi connectivity index (χ0n) is 17.4. The summed E-state index contributed by atoms with van der Waals surface area (Å²) >= 11 is 5.41. The molecule has 11 heteroatoms. The molecule has 8 nitrogen and oxygen atoms in total. The molecule has 0 saturated heterocycles. The summed E-state index contributed by atoms with van der Waals surface area (Å²) in [5, 5.41) is 0. The Bertz CT molecular complexity index is 1440. The molecule has 1 aliphatic heterocycles. The molecule has 0 aliphatic carbocycles. The van der Waals surface area contributed by atoms with Gasteiger partial charge in [0.05, 0.1) is 22.0 Å². The molecular weight excluding hydrogens is 458 g/mol. The van der Waals surface area contributed by atoms with Crippen LogP contribution in [0.1, 0.15) is 12.0 Å². The predicted octanol–water partition coefficient (Wildman–Crippen LogP) is 3.03. The maximum absolute atomic E-state index is 12.6. The molecule has 0 radical (unpaired) electrons. The number of aromatic nitrogens is 1. The van der Waals surface area contributed by atoms with Gasteiger partial charge in [0.25, 0.3) is 4.84 Å². The fourth-order valence-electron chi connectivity index (χ4n) is 3.75. The number of hydrogen-bond acceptors (Lipinski definition) is 7. The van der Waals surface area contributed by atoms with Gasteiger partial charge in [0.2, 0.25) is 10.0 Å². The van der Waals surface area contributed by atoms with Gasteiger partial charge in [-0.3, -0.25) is 4.57 Å². The summed E-state index contributed by atoms with van der Waals surface area (Å²) in [6.07, 6.45) is 2.85. The monoisotopic (exact) mass is 481 g/mol. The molecule has 31 heavy (non-hydrogen) atoms. The highest BCUT2D eigenvalue weighted by atomic mass is 32.2. The summed E-state index contributed by atoms with van der Waals surface area (Å²) in [5.74, 6) is 0. The maximum atomic E-state index is 12.6. The van der Waals surface area contributed by atoms with Crippen molar-refractivity contribution in [2.24, 2.45) is 0 Å². The van der Waals surface area contributed by atoms with Crippen molar-refractivity contribution >= 4 is 48.9 Å². The standard InChI is InChI=1S/C20H23N3O5S3/c1-21(2)31(26,27)16-7-9-19-18(12-16)23(20(29)28-19)13-22-10-4-5-14-11-15(30(3,24)25)6-8-17(14)22/h6-9,11-12H,4-5,10,13H2,1-3H3. The van der Waals surface area contributed by atoms with E-state index in [0.29, 0.717) is 22.7 Å². The molecular formula is C20H23N3O5S3.